The molecule has 0 radical (unpaired) electrons. The lowest BCUT2D eigenvalue weighted by molar-refractivity contribution is 0.0267. The first-order chi connectivity index (χ1) is 7.77. The summed E-state index contributed by atoms with van der Waals surface area (Å²) in [6, 6.07) is 1.14. The van der Waals surface area contributed by atoms with Gasteiger partial charge in [0.05, 0.1) is 32.5 Å². The zero-order valence-corrected chi connectivity index (χ0v) is 10.5. The van der Waals surface area contributed by atoms with Crippen LogP contribution in [0.5, 0.6) is 0 Å². The van der Waals surface area contributed by atoms with E-state index in [1.807, 2.05) is 0 Å². The van der Waals surface area contributed by atoms with Crippen LogP contribution in [0.2, 0.25) is 0 Å². The van der Waals surface area contributed by atoms with E-state index in [-0.39, 0.29) is 0 Å². The molecule has 0 spiro atoms. The van der Waals surface area contributed by atoms with Crippen molar-refractivity contribution in [3.05, 3.63) is 0 Å². The maximum absolute atomic E-state index is 5.55. The maximum Gasteiger partial charge on any atom is 0.0701 e. The first-order valence-electron chi connectivity index (χ1n) is 6.41. The zero-order chi connectivity index (χ0) is 11.4. The van der Waals surface area contributed by atoms with Gasteiger partial charge in [-0.25, -0.2) is 0 Å². The van der Waals surface area contributed by atoms with Crippen molar-refractivity contribution in [1.82, 2.24) is 9.80 Å². The normalized spacial score (nSPS) is 27.2. The van der Waals surface area contributed by atoms with Crippen LogP contribution in [0, 0.1) is 0 Å². The van der Waals surface area contributed by atoms with Crippen molar-refractivity contribution in [2.24, 2.45) is 0 Å². The highest BCUT2D eigenvalue weighted by molar-refractivity contribution is 4.80. The van der Waals surface area contributed by atoms with Gasteiger partial charge in [0, 0.05) is 32.2 Å². The van der Waals surface area contributed by atoms with E-state index in [1.54, 1.807) is 0 Å². The summed E-state index contributed by atoms with van der Waals surface area (Å²) >= 11 is 0. The van der Waals surface area contributed by atoms with Crippen LogP contribution in [0.3, 0.4) is 0 Å². The van der Waals surface area contributed by atoms with Crippen molar-refractivity contribution in [1.29, 1.82) is 0 Å². The third kappa shape index (κ3) is 3.17. The van der Waals surface area contributed by atoms with E-state index in [4.69, 9.17) is 9.47 Å². The largest absolute Gasteiger partial charge is 0.377 e. The minimum atomic E-state index is 0.469. The minimum absolute atomic E-state index is 0.469. The van der Waals surface area contributed by atoms with Gasteiger partial charge in [0.2, 0.25) is 0 Å². The molecular weight excluding hydrogens is 204 g/mol. The van der Waals surface area contributed by atoms with Crippen LogP contribution in [0.1, 0.15) is 13.8 Å². The molecule has 2 aliphatic heterocycles. The Morgan fingerprint density at radius 3 is 2.00 bits per heavy atom. The molecule has 4 nitrogen and oxygen atoms in total. The van der Waals surface area contributed by atoms with Crippen LogP contribution in [0.15, 0.2) is 0 Å². The van der Waals surface area contributed by atoms with E-state index in [0.29, 0.717) is 12.1 Å². The number of nitrogens with zero attached hydrogens (tertiary/aromatic N) is 2. The van der Waals surface area contributed by atoms with E-state index in [9.17, 15) is 0 Å². The van der Waals surface area contributed by atoms with Crippen molar-refractivity contribution in [2.45, 2.75) is 25.9 Å². The molecule has 0 aliphatic carbocycles. The molecule has 94 valence electrons. The molecule has 2 saturated heterocycles. The Hall–Kier alpha value is -0.160. The van der Waals surface area contributed by atoms with Gasteiger partial charge in [0.15, 0.2) is 0 Å². The molecule has 4 heteroatoms. The summed E-state index contributed by atoms with van der Waals surface area (Å²) in [6.45, 7) is 12.4. The minimum Gasteiger partial charge on any atom is -0.377 e. The smallest absolute Gasteiger partial charge is 0.0701 e. The van der Waals surface area contributed by atoms with Gasteiger partial charge in [0.1, 0.15) is 0 Å². The molecular formula is C12H24N2O2. The summed E-state index contributed by atoms with van der Waals surface area (Å²) in [5, 5.41) is 0. The molecule has 0 aromatic heterocycles. The molecule has 0 N–H and O–H groups in total. The van der Waals surface area contributed by atoms with Crippen molar-refractivity contribution >= 4 is 0 Å². The molecule has 2 heterocycles. The van der Waals surface area contributed by atoms with Gasteiger partial charge in [-0.15, -0.1) is 0 Å². The Bertz CT molecular complexity index is 195. The second-order valence-corrected chi connectivity index (χ2v) is 4.97. The molecule has 2 rings (SSSR count). The number of ether oxygens (including phenoxy) is 2. The summed E-state index contributed by atoms with van der Waals surface area (Å²) in [6.07, 6.45) is 0. The number of piperazine rings is 1. The zero-order valence-electron chi connectivity index (χ0n) is 10.5. The summed E-state index contributed by atoms with van der Waals surface area (Å²) in [7, 11) is 0. The van der Waals surface area contributed by atoms with Crippen molar-refractivity contribution in [2.75, 3.05) is 52.6 Å². The lowest BCUT2D eigenvalue weighted by Crippen LogP contribution is -2.54. The van der Waals surface area contributed by atoms with E-state index in [2.05, 4.69) is 23.6 Å². The molecule has 16 heavy (non-hydrogen) atoms. The highest BCUT2D eigenvalue weighted by atomic mass is 16.5. The molecule has 0 amide bonds. The van der Waals surface area contributed by atoms with Gasteiger partial charge in [-0.3, -0.25) is 9.80 Å². The Kier molecular flexibility index (Phi) is 4.58. The van der Waals surface area contributed by atoms with Crippen molar-refractivity contribution in [3.63, 3.8) is 0 Å². The van der Waals surface area contributed by atoms with Gasteiger partial charge in [0.25, 0.3) is 0 Å². The third-order valence-corrected chi connectivity index (χ3v) is 3.59. The second-order valence-electron chi connectivity index (χ2n) is 4.97. The molecule has 0 atom stereocenters. The lowest BCUT2D eigenvalue weighted by Gasteiger charge is -2.40. The Labute approximate surface area is 98.5 Å². The fourth-order valence-electron chi connectivity index (χ4n) is 2.43. The van der Waals surface area contributed by atoms with E-state index in [1.165, 1.54) is 13.1 Å². The first-order valence-corrected chi connectivity index (χ1v) is 6.41. The summed E-state index contributed by atoms with van der Waals surface area (Å²) < 4.78 is 11.1. The Balaban J connectivity index is 1.78. The van der Waals surface area contributed by atoms with Crippen LogP contribution >= 0.6 is 0 Å². The summed E-state index contributed by atoms with van der Waals surface area (Å²) in [5.74, 6) is 0. The van der Waals surface area contributed by atoms with Gasteiger partial charge < -0.3 is 9.47 Å². The van der Waals surface area contributed by atoms with E-state index >= 15 is 0 Å². The van der Waals surface area contributed by atoms with E-state index < -0.39 is 0 Å². The lowest BCUT2D eigenvalue weighted by atomic mass is 10.2. The highest BCUT2D eigenvalue weighted by Crippen LogP contribution is 2.11. The monoisotopic (exact) mass is 228 g/mol. The molecule has 0 aromatic rings. The number of rotatable bonds is 2. The molecule has 0 aromatic carbocycles. The van der Waals surface area contributed by atoms with Gasteiger partial charge in [-0.1, -0.05) is 0 Å². The van der Waals surface area contributed by atoms with Crippen molar-refractivity contribution < 1.29 is 9.47 Å². The fraction of sp³-hybridized carbons (Fsp3) is 1.00. The summed E-state index contributed by atoms with van der Waals surface area (Å²) in [4.78, 5) is 5.05. The topological polar surface area (TPSA) is 24.9 Å². The van der Waals surface area contributed by atoms with Crippen LogP contribution < -0.4 is 0 Å². The molecule has 2 aliphatic rings. The average molecular weight is 228 g/mol. The Morgan fingerprint density at radius 1 is 0.938 bits per heavy atom. The van der Waals surface area contributed by atoms with Crippen LogP contribution in [-0.4, -0.2) is 74.5 Å². The second kappa shape index (κ2) is 5.96. The molecule has 2 fully saturated rings. The SMILES string of the molecule is CC(C)N1CCN(C2COCCOC2)CC1. The van der Waals surface area contributed by atoms with Gasteiger partial charge >= 0.3 is 0 Å². The molecule has 0 unspecified atom stereocenters. The van der Waals surface area contributed by atoms with Crippen LogP contribution in [0.25, 0.3) is 0 Å². The average Bonchev–Trinajstić information content (AvgIpc) is 2.57. The number of hydrogen-bond donors (Lipinski definition) is 0. The van der Waals surface area contributed by atoms with E-state index in [0.717, 1.165) is 39.5 Å². The van der Waals surface area contributed by atoms with Crippen LogP contribution in [-0.2, 0) is 9.47 Å². The molecule has 0 saturated carbocycles. The number of hydrogen-bond acceptors (Lipinski definition) is 4. The third-order valence-electron chi connectivity index (χ3n) is 3.59. The Morgan fingerprint density at radius 2 is 1.50 bits per heavy atom. The van der Waals surface area contributed by atoms with Crippen LogP contribution in [0.4, 0.5) is 0 Å². The summed E-state index contributed by atoms with van der Waals surface area (Å²) in [5.41, 5.74) is 0. The van der Waals surface area contributed by atoms with Crippen molar-refractivity contribution in [3.8, 4) is 0 Å². The van der Waals surface area contributed by atoms with Gasteiger partial charge in [-0.2, -0.15) is 0 Å². The predicted molar refractivity (Wildman–Crippen MR) is 63.7 cm³/mol. The quantitative estimate of drug-likeness (QED) is 0.684. The maximum atomic E-state index is 5.55. The highest BCUT2D eigenvalue weighted by Gasteiger charge is 2.25. The fourth-order valence-corrected chi connectivity index (χ4v) is 2.43. The standard InChI is InChI=1S/C12H24N2O2/c1-11(2)13-3-5-14(6-4-13)12-9-15-7-8-16-10-12/h11-12H,3-10H2,1-2H3. The molecule has 0 bridgehead atoms. The first kappa shape index (κ1) is 12.3. The van der Waals surface area contributed by atoms with Gasteiger partial charge in [-0.05, 0) is 13.8 Å². The predicted octanol–water partition coefficient (Wildman–Crippen LogP) is 0.428.